The van der Waals surface area contributed by atoms with Crippen LogP contribution in [0.25, 0.3) is 11.3 Å². The van der Waals surface area contributed by atoms with Crippen LogP contribution in [-0.2, 0) is 4.79 Å². The Hall–Kier alpha value is -2.17. The second-order valence-corrected chi connectivity index (χ2v) is 6.46. The van der Waals surface area contributed by atoms with E-state index in [9.17, 15) is 4.79 Å². The van der Waals surface area contributed by atoms with Crippen LogP contribution in [0, 0.1) is 6.92 Å². The molecule has 116 valence electrons. The van der Waals surface area contributed by atoms with Crippen LogP contribution in [-0.4, -0.2) is 10.9 Å². The second kappa shape index (κ2) is 6.94. The quantitative estimate of drug-likeness (QED) is 0.675. The number of alkyl halides is 1. The van der Waals surface area contributed by atoms with Gasteiger partial charge in [0.05, 0.1) is 5.69 Å². The Morgan fingerprint density at radius 1 is 1.13 bits per heavy atom. The van der Waals surface area contributed by atoms with Crippen LogP contribution in [0.5, 0.6) is 0 Å². The van der Waals surface area contributed by atoms with Crippen LogP contribution in [0.4, 0.5) is 5.13 Å². The van der Waals surface area contributed by atoms with Gasteiger partial charge in [-0.3, -0.25) is 4.79 Å². The molecule has 1 aromatic heterocycles. The van der Waals surface area contributed by atoms with E-state index in [0.29, 0.717) is 5.13 Å². The summed E-state index contributed by atoms with van der Waals surface area (Å²) >= 11 is 7.60. The van der Waals surface area contributed by atoms with Crippen molar-refractivity contribution in [2.75, 3.05) is 5.32 Å². The molecule has 0 fully saturated rings. The van der Waals surface area contributed by atoms with Gasteiger partial charge in [-0.25, -0.2) is 4.98 Å². The molecule has 0 bridgehead atoms. The van der Waals surface area contributed by atoms with Gasteiger partial charge in [0, 0.05) is 10.9 Å². The Balaban J connectivity index is 1.71. The van der Waals surface area contributed by atoms with Crippen molar-refractivity contribution in [1.82, 2.24) is 4.98 Å². The number of amides is 1. The molecular weight excluding hydrogens is 328 g/mol. The minimum Gasteiger partial charge on any atom is -0.300 e. The third-order valence-corrected chi connectivity index (χ3v) is 4.61. The maximum absolute atomic E-state index is 12.2. The van der Waals surface area contributed by atoms with Crippen molar-refractivity contribution in [1.29, 1.82) is 0 Å². The van der Waals surface area contributed by atoms with Crippen LogP contribution in [0.2, 0.25) is 0 Å². The Morgan fingerprint density at radius 2 is 1.83 bits per heavy atom. The van der Waals surface area contributed by atoms with Crippen LogP contribution >= 0.6 is 22.9 Å². The van der Waals surface area contributed by atoms with E-state index in [2.05, 4.69) is 10.3 Å². The first kappa shape index (κ1) is 15.7. The van der Waals surface area contributed by atoms with Gasteiger partial charge in [-0.1, -0.05) is 60.2 Å². The SMILES string of the molecule is Cc1ccc(-c2csc(NC(=O)C(Cl)c3ccccc3)n2)cc1. The second-order valence-electron chi connectivity index (χ2n) is 5.17. The van der Waals surface area contributed by atoms with Crippen molar-refractivity contribution in [2.45, 2.75) is 12.3 Å². The lowest BCUT2D eigenvalue weighted by molar-refractivity contribution is -0.116. The van der Waals surface area contributed by atoms with Crippen LogP contribution in [0.3, 0.4) is 0 Å². The summed E-state index contributed by atoms with van der Waals surface area (Å²) in [6.45, 7) is 2.04. The van der Waals surface area contributed by atoms with Crippen LogP contribution in [0.1, 0.15) is 16.5 Å². The molecule has 23 heavy (non-hydrogen) atoms. The molecule has 0 radical (unpaired) electrons. The van der Waals surface area contributed by atoms with Gasteiger partial charge in [0.1, 0.15) is 5.38 Å². The molecule has 2 aromatic carbocycles. The van der Waals surface area contributed by atoms with E-state index in [0.717, 1.165) is 16.8 Å². The van der Waals surface area contributed by atoms with Crippen LogP contribution < -0.4 is 5.32 Å². The number of thiazole rings is 1. The van der Waals surface area contributed by atoms with Gasteiger partial charge >= 0.3 is 0 Å². The molecule has 1 unspecified atom stereocenters. The van der Waals surface area contributed by atoms with Gasteiger partial charge in [0.25, 0.3) is 0 Å². The molecule has 1 heterocycles. The summed E-state index contributed by atoms with van der Waals surface area (Å²) in [6, 6.07) is 17.4. The maximum Gasteiger partial charge on any atom is 0.248 e. The lowest BCUT2D eigenvalue weighted by Gasteiger charge is -2.08. The number of hydrogen-bond donors (Lipinski definition) is 1. The lowest BCUT2D eigenvalue weighted by atomic mass is 10.1. The number of rotatable bonds is 4. The molecule has 0 aliphatic carbocycles. The van der Waals surface area contributed by atoms with Crippen molar-refractivity contribution in [3.05, 3.63) is 71.1 Å². The monoisotopic (exact) mass is 342 g/mol. The summed E-state index contributed by atoms with van der Waals surface area (Å²) in [5, 5.41) is 4.52. The zero-order valence-electron chi connectivity index (χ0n) is 12.5. The fourth-order valence-electron chi connectivity index (χ4n) is 2.13. The maximum atomic E-state index is 12.2. The summed E-state index contributed by atoms with van der Waals surface area (Å²) in [4.78, 5) is 16.7. The standard InChI is InChI=1S/C18H15ClN2OS/c1-12-7-9-13(10-8-12)15-11-23-18(20-15)21-17(22)16(19)14-5-3-2-4-6-14/h2-11,16H,1H3,(H,20,21,22). The highest BCUT2D eigenvalue weighted by Crippen LogP contribution is 2.27. The lowest BCUT2D eigenvalue weighted by Crippen LogP contribution is -2.17. The van der Waals surface area contributed by atoms with Gasteiger partial charge in [0.15, 0.2) is 5.13 Å². The van der Waals surface area contributed by atoms with Crippen LogP contribution in [0.15, 0.2) is 60.0 Å². The third-order valence-electron chi connectivity index (χ3n) is 3.40. The first-order valence-corrected chi connectivity index (χ1v) is 8.47. The third kappa shape index (κ3) is 3.78. The highest BCUT2D eigenvalue weighted by Gasteiger charge is 2.18. The number of halogens is 1. The Bertz CT molecular complexity index is 799. The van der Waals surface area contributed by atoms with Crippen molar-refractivity contribution in [3.8, 4) is 11.3 Å². The molecule has 0 aliphatic rings. The van der Waals surface area contributed by atoms with E-state index < -0.39 is 5.38 Å². The molecule has 0 aliphatic heterocycles. The van der Waals surface area contributed by atoms with E-state index in [1.165, 1.54) is 16.9 Å². The number of hydrogen-bond acceptors (Lipinski definition) is 3. The molecule has 0 saturated heterocycles. The van der Waals surface area contributed by atoms with Gasteiger partial charge in [-0.15, -0.1) is 22.9 Å². The molecule has 3 aromatic rings. The Labute approximate surface area is 144 Å². The predicted molar refractivity (Wildman–Crippen MR) is 96.0 cm³/mol. The summed E-state index contributed by atoms with van der Waals surface area (Å²) in [6.07, 6.45) is 0. The Kier molecular flexibility index (Phi) is 4.74. The van der Waals surface area contributed by atoms with E-state index in [1.807, 2.05) is 66.9 Å². The van der Waals surface area contributed by atoms with Gasteiger partial charge in [-0.05, 0) is 12.5 Å². The summed E-state index contributed by atoms with van der Waals surface area (Å²) in [5.41, 5.74) is 3.83. The molecule has 5 heteroatoms. The normalized spacial score (nSPS) is 11.9. The molecule has 1 amide bonds. The molecule has 1 atom stereocenters. The van der Waals surface area contributed by atoms with Gasteiger partial charge in [0.2, 0.25) is 5.91 Å². The molecule has 3 rings (SSSR count). The fourth-order valence-corrected chi connectivity index (χ4v) is 3.05. The average molecular weight is 343 g/mol. The number of carbonyl (C=O) groups excluding carboxylic acids is 1. The van der Waals surface area contributed by atoms with E-state index >= 15 is 0 Å². The zero-order valence-corrected chi connectivity index (χ0v) is 14.1. The Morgan fingerprint density at radius 3 is 2.52 bits per heavy atom. The number of aromatic nitrogens is 1. The summed E-state index contributed by atoms with van der Waals surface area (Å²) in [7, 11) is 0. The summed E-state index contributed by atoms with van der Waals surface area (Å²) < 4.78 is 0. The molecule has 0 saturated carbocycles. The van der Waals surface area contributed by atoms with Crippen molar-refractivity contribution in [2.24, 2.45) is 0 Å². The first-order valence-electron chi connectivity index (χ1n) is 7.16. The minimum atomic E-state index is -0.733. The topological polar surface area (TPSA) is 42.0 Å². The molecule has 0 spiro atoms. The number of nitrogens with one attached hydrogen (secondary N) is 1. The predicted octanol–water partition coefficient (Wildman–Crippen LogP) is 5.04. The largest absolute Gasteiger partial charge is 0.300 e. The molecule has 1 N–H and O–H groups in total. The fraction of sp³-hybridized carbons (Fsp3) is 0.111. The molecule has 3 nitrogen and oxygen atoms in total. The number of nitrogens with zero attached hydrogens (tertiary/aromatic N) is 1. The number of carbonyl (C=O) groups is 1. The minimum absolute atomic E-state index is 0.275. The van der Waals surface area contributed by atoms with E-state index in [1.54, 1.807) is 0 Å². The number of aryl methyl sites for hydroxylation is 1. The first-order chi connectivity index (χ1) is 11.1. The number of benzene rings is 2. The highest BCUT2D eigenvalue weighted by molar-refractivity contribution is 7.14. The average Bonchev–Trinajstić information content (AvgIpc) is 3.04. The van der Waals surface area contributed by atoms with Crippen molar-refractivity contribution in [3.63, 3.8) is 0 Å². The van der Waals surface area contributed by atoms with E-state index in [4.69, 9.17) is 11.6 Å². The zero-order chi connectivity index (χ0) is 16.2. The van der Waals surface area contributed by atoms with Gasteiger partial charge < -0.3 is 5.32 Å². The van der Waals surface area contributed by atoms with Crippen molar-refractivity contribution >= 4 is 34.0 Å². The summed E-state index contributed by atoms with van der Waals surface area (Å²) in [5.74, 6) is -0.275. The number of anilines is 1. The molecular formula is C18H15ClN2OS. The smallest absolute Gasteiger partial charge is 0.248 e. The van der Waals surface area contributed by atoms with Crippen molar-refractivity contribution < 1.29 is 4.79 Å². The van der Waals surface area contributed by atoms with Gasteiger partial charge in [-0.2, -0.15) is 0 Å². The van der Waals surface area contributed by atoms with E-state index in [-0.39, 0.29) is 5.91 Å². The highest BCUT2D eigenvalue weighted by atomic mass is 35.5.